The van der Waals surface area contributed by atoms with Gasteiger partial charge in [-0.1, -0.05) is 26.7 Å². The second kappa shape index (κ2) is 5.36. The van der Waals surface area contributed by atoms with Gasteiger partial charge in [0, 0.05) is 5.38 Å². The van der Waals surface area contributed by atoms with E-state index in [-0.39, 0.29) is 12.1 Å². The SMILES string of the molecule is CCc1csc(NC2(CO)CCCC(C)C2)n1. The van der Waals surface area contributed by atoms with Crippen molar-refractivity contribution in [3.05, 3.63) is 11.1 Å². The first kappa shape index (κ1) is 12.8. The summed E-state index contributed by atoms with van der Waals surface area (Å²) in [6.07, 6.45) is 5.54. The van der Waals surface area contributed by atoms with Crippen LogP contribution in [0.25, 0.3) is 0 Å². The molecule has 1 aromatic heterocycles. The van der Waals surface area contributed by atoms with Crippen LogP contribution in [0.3, 0.4) is 0 Å². The van der Waals surface area contributed by atoms with Crippen molar-refractivity contribution in [3.63, 3.8) is 0 Å². The Morgan fingerprint density at radius 2 is 2.47 bits per heavy atom. The van der Waals surface area contributed by atoms with Gasteiger partial charge in [0.2, 0.25) is 0 Å². The lowest BCUT2D eigenvalue weighted by Gasteiger charge is -2.39. The zero-order chi connectivity index (χ0) is 12.3. The lowest BCUT2D eigenvalue weighted by atomic mass is 9.77. The number of aliphatic hydroxyl groups is 1. The highest BCUT2D eigenvalue weighted by atomic mass is 32.1. The number of hydrogen-bond acceptors (Lipinski definition) is 4. The van der Waals surface area contributed by atoms with Gasteiger partial charge < -0.3 is 10.4 Å². The van der Waals surface area contributed by atoms with Crippen LogP contribution in [0.5, 0.6) is 0 Å². The highest BCUT2D eigenvalue weighted by molar-refractivity contribution is 7.13. The molecule has 2 unspecified atom stereocenters. The molecule has 2 rings (SSSR count). The number of thiazole rings is 1. The van der Waals surface area contributed by atoms with Crippen LogP contribution in [0.2, 0.25) is 0 Å². The molecule has 2 N–H and O–H groups in total. The normalized spacial score (nSPS) is 29.2. The summed E-state index contributed by atoms with van der Waals surface area (Å²) in [6.45, 7) is 4.59. The molecule has 3 nitrogen and oxygen atoms in total. The van der Waals surface area contributed by atoms with Gasteiger partial charge in [0.25, 0.3) is 0 Å². The van der Waals surface area contributed by atoms with Gasteiger partial charge in [0.1, 0.15) is 0 Å². The number of hydrogen-bond donors (Lipinski definition) is 2. The Balaban J connectivity index is 2.07. The summed E-state index contributed by atoms with van der Waals surface area (Å²) in [5.74, 6) is 0.689. The van der Waals surface area contributed by atoms with Gasteiger partial charge in [0.15, 0.2) is 5.13 Å². The van der Waals surface area contributed by atoms with Gasteiger partial charge in [-0.3, -0.25) is 0 Å². The first-order valence-corrected chi connectivity index (χ1v) is 7.39. The Morgan fingerprint density at radius 1 is 1.65 bits per heavy atom. The molecule has 0 bridgehead atoms. The van der Waals surface area contributed by atoms with Gasteiger partial charge in [0.05, 0.1) is 17.8 Å². The van der Waals surface area contributed by atoms with Crippen LogP contribution in [-0.4, -0.2) is 22.2 Å². The monoisotopic (exact) mass is 254 g/mol. The summed E-state index contributed by atoms with van der Waals surface area (Å²) in [7, 11) is 0. The lowest BCUT2D eigenvalue weighted by molar-refractivity contribution is 0.149. The number of nitrogens with one attached hydrogen (secondary N) is 1. The predicted octanol–water partition coefficient (Wildman–Crippen LogP) is 3.06. The van der Waals surface area contributed by atoms with Crippen molar-refractivity contribution in [1.82, 2.24) is 4.98 Å². The maximum atomic E-state index is 9.70. The maximum absolute atomic E-state index is 9.70. The number of aliphatic hydroxyl groups excluding tert-OH is 1. The minimum atomic E-state index is -0.138. The van der Waals surface area contributed by atoms with E-state index in [9.17, 15) is 5.11 Å². The molecule has 17 heavy (non-hydrogen) atoms. The fourth-order valence-corrected chi connectivity index (χ4v) is 3.62. The van der Waals surface area contributed by atoms with E-state index < -0.39 is 0 Å². The molecule has 0 aliphatic heterocycles. The lowest BCUT2D eigenvalue weighted by Crippen LogP contribution is -2.45. The Labute approximate surface area is 107 Å². The first-order valence-electron chi connectivity index (χ1n) is 6.51. The second-order valence-corrected chi connectivity index (χ2v) is 6.12. The molecule has 96 valence electrons. The molecule has 0 saturated heterocycles. The summed E-state index contributed by atoms with van der Waals surface area (Å²) in [5.41, 5.74) is 0.995. The number of nitrogens with zero attached hydrogens (tertiary/aromatic N) is 1. The van der Waals surface area contributed by atoms with Crippen LogP contribution in [-0.2, 0) is 6.42 Å². The summed E-state index contributed by atoms with van der Waals surface area (Å²) in [5, 5.41) is 16.2. The van der Waals surface area contributed by atoms with Crippen molar-refractivity contribution in [2.24, 2.45) is 5.92 Å². The van der Waals surface area contributed by atoms with Crippen molar-refractivity contribution in [2.75, 3.05) is 11.9 Å². The zero-order valence-electron chi connectivity index (χ0n) is 10.7. The molecule has 4 heteroatoms. The summed E-state index contributed by atoms with van der Waals surface area (Å²) >= 11 is 1.65. The number of anilines is 1. The topological polar surface area (TPSA) is 45.1 Å². The van der Waals surface area contributed by atoms with Crippen LogP contribution in [0.1, 0.15) is 45.2 Å². The van der Waals surface area contributed by atoms with E-state index in [4.69, 9.17) is 0 Å². The van der Waals surface area contributed by atoms with Crippen molar-refractivity contribution in [3.8, 4) is 0 Å². The van der Waals surface area contributed by atoms with Gasteiger partial charge in [-0.05, 0) is 25.2 Å². The molecule has 1 aliphatic rings. The van der Waals surface area contributed by atoms with Gasteiger partial charge in [-0.15, -0.1) is 11.3 Å². The minimum Gasteiger partial charge on any atom is -0.394 e. The van der Waals surface area contributed by atoms with E-state index in [1.165, 1.54) is 12.8 Å². The molecule has 1 fully saturated rings. The van der Waals surface area contributed by atoms with Crippen LogP contribution >= 0.6 is 11.3 Å². The maximum Gasteiger partial charge on any atom is 0.183 e. The summed E-state index contributed by atoms with van der Waals surface area (Å²) in [6, 6.07) is 0. The highest BCUT2D eigenvalue weighted by Gasteiger charge is 2.34. The molecular weight excluding hydrogens is 232 g/mol. The van der Waals surface area contributed by atoms with Gasteiger partial charge in [-0.25, -0.2) is 4.98 Å². The van der Waals surface area contributed by atoms with Gasteiger partial charge in [-0.2, -0.15) is 0 Å². The molecule has 1 aromatic rings. The third-order valence-corrected chi connectivity index (χ3v) is 4.49. The standard InChI is InChI=1S/C13H22N2OS/c1-3-11-8-17-12(14-11)15-13(9-16)6-4-5-10(2)7-13/h8,10,16H,3-7,9H2,1-2H3,(H,14,15). The van der Waals surface area contributed by atoms with Crippen LogP contribution in [0.4, 0.5) is 5.13 Å². The molecule has 1 heterocycles. The Hall–Kier alpha value is -0.610. The Bertz CT molecular complexity index is 366. The van der Waals surface area contributed by atoms with Gasteiger partial charge >= 0.3 is 0 Å². The minimum absolute atomic E-state index is 0.138. The largest absolute Gasteiger partial charge is 0.394 e. The van der Waals surface area contributed by atoms with E-state index in [0.717, 1.165) is 30.1 Å². The molecule has 1 aliphatic carbocycles. The third-order valence-electron chi connectivity index (χ3n) is 3.68. The molecule has 2 atom stereocenters. The van der Waals surface area contributed by atoms with Crippen molar-refractivity contribution in [2.45, 2.75) is 51.5 Å². The highest BCUT2D eigenvalue weighted by Crippen LogP contribution is 2.35. The van der Waals surface area contributed by atoms with Crippen molar-refractivity contribution < 1.29 is 5.11 Å². The van der Waals surface area contributed by atoms with E-state index in [1.54, 1.807) is 11.3 Å². The molecule has 0 radical (unpaired) electrons. The smallest absolute Gasteiger partial charge is 0.183 e. The average molecular weight is 254 g/mol. The number of rotatable bonds is 4. The summed E-state index contributed by atoms with van der Waals surface area (Å²) in [4.78, 5) is 4.54. The first-order chi connectivity index (χ1) is 8.17. The quantitative estimate of drug-likeness (QED) is 0.868. The third kappa shape index (κ3) is 2.99. The van der Waals surface area contributed by atoms with Crippen molar-refractivity contribution in [1.29, 1.82) is 0 Å². The van der Waals surface area contributed by atoms with Crippen LogP contribution < -0.4 is 5.32 Å². The molecular formula is C13H22N2OS. The predicted molar refractivity (Wildman–Crippen MR) is 72.6 cm³/mol. The molecule has 1 saturated carbocycles. The fourth-order valence-electron chi connectivity index (χ4n) is 2.71. The van der Waals surface area contributed by atoms with Crippen LogP contribution in [0, 0.1) is 5.92 Å². The Morgan fingerprint density at radius 3 is 3.06 bits per heavy atom. The zero-order valence-corrected chi connectivity index (χ0v) is 11.5. The molecule has 0 amide bonds. The molecule has 0 spiro atoms. The number of aromatic nitrogens is 1. The average Bonchev–Trinajstić information content (AvgIpc) is 2.76. The number of aryl methyl sites for hydroxylation is 1. The van der Waals surface area contributed by atoms with E-state index >= 15 is 0 Å². The van der Waals surface area contributed by atoms with Crippen LogP contribution in [0.15, 0.2) is 5.38 Å². The van der Waals surface area contributed by atoms with E-state index in [1.807, 2.05) is 0 Å². The summed E-state index contributed by atoms with van der Waals surface area (Å²) < 4.78 is 0. The fraction of sp³-hybridized carbons (Fsp3) is 0.769. The van der Waals surface area contributed by atoms with Crippen molar-refractivity contribution >= 4 is 16.5 Å². The van der Waals surface area contributed by atoms with E-state index in [2.05, 4.69) is 29.5 Å². The molecule has 0 aromatic carbocycles. The Kier molecular flexibility index (Phi) is 4.05. The second-order valence-electron chi connectivity index (χ2n) is 5.26. The van der Waals surface area contributed by atoms with E-state index in [0.29, 0.717) is 5.92 Å².